The highest BCUT2D eigenvalue weighted by atomic mass is 16.5. The molecule has 0 radical (unpaired) electrons. The fourth-order valence-corrected chi connectivity index (χ4v) is 5.87. The molecule has 0 amide bonds. The van der Waals surface area contributed by atoms with Crippen LogP contribution in [0.4, 0.5) is 0 Å². The van der Waals surface area contributed by atoms with Gasteiger partial charge in [0.15, 0.2) is 0 Å². The Kier molecular flexibility index (Phi) is 5.04. The van der Waals surface area contributed by atoms with Crippen molar-refractivity contribution < 1.29 is 4.74 Å². The number of fused-ring (bicyclic) bond motifs is 1. The van der Waals surface area contributed by atoms with Crippen LogP contribution in [0.5, 0.6) is 0 Å². The minimum absolute atomic E-state index is 0.597. The van der Waals surface area contributed by atoms with Gasteiger partial charge in [-0.1, -0.05) is 32.1 Å². The highest BCUT2D eigenvalue weighted by Crippen LogP contribution is 2.41. The van der Waals surface area contributed by atoms with Crippen LogP contribution in [0.1, 0.15) is 64.2 Å². The van der Waals surface area contributed by atoms with E-state index in [0.29, 0.717) is 6.04 Å². The molecule has 6 unspecified atom stereocenters. The normalized spacial score (nSPS) is 46.4. The molecule has 22 heavy (non-hydrogen) atoms. The molecule has 0 aromatic rings. The molecule has 126 valence electrons. The molecule has 3 heteroatoms. The van der Waals surface area contributed by atoms with E-state index in [9.17, 15) is 0 Å². The number of hydrogen-bond acceptors (Lipinski definition) is 3. The lowest BCUT2D eigenvalue weighted by molar-refractivity contribution is 0.0496. The second kappa shape index (κ2) is 7.19. The van der Waals surface area contributed by atoms with Crippen LogP contribution in [-0.4, -0.2) is 37.9 Å². The first-order valence-corrected chi connectivity index (χ1v) is 9.97. The Morgan fingerprint density at radius 2 is 1.77 bits per heavy atom. The van der Waals surface area contributed by atoms with Crippen LogP contribution < -0.4 is 10.6 Å². The van der Waals surface area contributed by atoms with Crippen LogP contribution in [-0.2, 0) is 4.74 Å². The predicted octanol–water partition coefficient (Wildman–Crippen LogP) is 3.09. The van der Waals surface area contributed by atoms with Crippen LogP contribution in [0.15, 0.2) is 0 Å². The first kappa shape index (κ1) is 15.4. The van der Waals surface area contributed by atoms with E-state index in [4.69, 9.17) is 4.74 Å². The van der Waals surface area contributed by atoms with Gasteiger partial charge in [-0.25, -0.2) is 0 Å². The third-order valence-electron chi connectivity index (χ3n) is 7.03. The number of nitrogens with one attached hydrogen (secondary N) is 2. The lowest BCUT2D eigenvalue weighted by Crippen LogP contribution is -2.53. The summed E-state index contributed by atoms with van der Waals surface area (Å²) in [6, 6.07) is 2.14. The first-order valence-electron chi connectivity index (χ1n) is 9.97. The van der Waals surface area contributed by atoms with Crippen LogP contribution in [0.25, 0.3) is 0 Å². The average molecular weight is 306 g/mol. The highest BCUT2D eigenvalue weighted by Gasteiger charge is 2.38. The Morgan fingerprint density at radius 3 is 2.64 bits per heavy atom. The van der Waals surface area contributed by atoms with Gasteiger partial charge in [-0.2, -0.15) is 0 Å². The zero-order chi connectivity index (χ0) is 14.8. The van der Waals surface area contributed by atoms with Gasteiger partial charge in [-0.15, -0.1) is 0 Å². The summed E-state index contributed by atoms with van der Waals surface area (Å²) in [6.07, 6.45) is 14.6. The van der Waals surface area contributed by atoms with E-state index in [2.05, 4.69) is 10.6 Å². The van der Waals surface area contributed by atoms with Gasteiger partial charge in [0.1, 0.15) is 0 Å². The maximum Gasteiger partial charge on any atom is 0.0623 e. The van der Waals surface area contributed by atoms with Gasteiger partial charge >= 0.3 is 0 Å². The van der Waals surface area contributed by atoms with Gasteiger partial charge in [-0.05, 0) is 49.9 Å². The van der Waals surface area contributed by atoms with Crippen LogP contribution >= 0.6 is 0 Å². The molecule has 4 rings (SSSR count). The molecular formula is C19H34N2O. The van der Waals surface area contributed by atoms with Crippen molar-refractivity contribution in [2.45, 2.75) is 82.3 Å². The van der Waals surface area contributed by atoms with Crippen molar-refractivity contribution in [1.29, 1.82) is 0 Å². The summed E-state index contributed by atoms with van der Waals surface area (Å²) in [7, 11) is 0. The predicted molar refractivity (Wildman–Crippen MR) is 90.0 cm³/mol. The van der Waals surface area contributed by atoms with Crippen LogP contribution in [0.3, 0.4) is 0 Å². The largest absolute Gasteiger partial charge is 0.379 e. The maximum atomic E-state index is 5.71. The minimum atomic E-state index is 0.597. The zero-order valence-electron chi connectivity index (χ0n) is 14.1. The number of ether oxygens (including phenoxy) is 1. The van der Waals surface area contributed by atoms with E-state index < -0.39 is 0 Å². The molecule has 1 heterocycles. The monoisotopic (exact) mass is 306 g/mol. The van der Waals surface area contributed by atoms with Crippen LogP contribution in [0.2, 0.25) is 0 Å². The van der Waals surface area contributed by atoms with Crippen molar-refractivity contribution in [1.82, 2.24) is 10.6 Å². The van der Waals surface area contributed by atoms with E-state index in [0.717, 1.165) is 49.6 Å². The lowest BCUT2D eigenvalue weighted by Gasteiger charge is -2.42. The quantitative estimate of drug-likeness (QED) is 0.840. The SMILES string of the molecule is C1CCC2CC(NC3CCCC3C3COCCN3)CCC2C1. The van der Waals surface area contributed by atoms with E-state index >= 15 is 0 Å². The Balaban J connectivity index is 1.32. The summed E-state index contributed by atoms with van der Waals surface area (Å²) in [5.41, 5.74) is 0. The van der Waals surface area contributed by atoms with Crippen molar-refractivity contribution in [3.05, 3.63) is 0 Å². The average Bonchev–Trinajstić information content (AvgIpc) is 3.04. The molecule has 4 aliphatic rings. The number of morpholine rings is 1. The van der Waals surface area contributed by atoms with E-state index in [-0.39, 0.29) is 0 Å². The molecule has 3 nitrogen and oxygen atoms in total. The molecule has 0 spiro atoms. The summed E-state index contributed by atoms with van der Waals surface area (Å²) in [5.74, 6) is 2.90. The molecule has 1 aliphatic heterocycles. The van der Waals surface area contributed by atoms with Crippen molar-refractivity contribution in [3.8, 4) is 0 Å². The zero-order valence-corrected chi connectivity index (χ0v) is 14.1. The third kappa shape index (κ3) is 3.37. The van der Waals surface area contributed by atoms with Gasteiger partial charge in [0.05, 0.1) is 13.2 Å². The fraction of sp³-hybridized carbons (Fsp3) is 1.00. The topological polar surface area (TPSA) is 33.3 Å². The Hall–Kier alpha value is -0.120. The summed E-state index contributed by atoms with van der Waals surface area (Å²) < 4.78 is 5.71. The van der Waals surface area contributed by atoms with Gasteiger partial charge < -0.3 is 15.4 Å². The van der Waals surface area contributed by atoms with Crippen LogP contribution in [0, 0.1) is 17.8 Å². The first-order chi connectivity index (χ1) is 10.9. The molecule has 0 bridgehead atoms. The minimum Gasteiger partial charge on any atom is -0.379 e. The summed E-state index contributed by atoms with van der Waals surface area (Å²) >= 11 is 0. The Morgan fingerprint density at radius 1 is 0.864 bits per heavy atom. The second-order valence-electron chi connectivity index (χ2n) is 8.32. The molecule has 0 aromatic heterocycles. The molecular weight excluding hydrogens is 272 g/mol. The molecule has 0 aromatic carbocycles. The summed E-state index contributed by atoms with van der Waals surface area (Å²) in [4.78, 5) is 0. The molecule has 4 fully saturated rings. The lowest BCUT2D eigenvalue weighted by atomic mass is 9.69. The molecule has 3 aliphatic carbocycles. The van der Waals surface area contributed by atoms with E-state index in [1.54, 1.807) is 0 Å². The van der Waals surface area contributed by atoms with E-state index in [1.165, 1.54) is 64.2 Å². The Bertz CT molecular complexity index is 355. The Labute approximate surface area is 135 Å². The van der Waals surface area contributed by atoms with Crippen molar-refractivity contribution in [3.63, 3.8) is 0 Å². The van der Waals surface area contributed by atoms with Gasteiger partial charge in [0, 0.05) is 24.7 Å². The molecule has 6 atom stereocenters. The standard InChI is InChI=1S/C19H34N2O/c1-2-5-15-12-16(9-8-14(15)4-1)21-18-7-3-6-17(18)19-13-22-11-10-20-19/h14-21H,1-13H2. The molecule has 3 saturated carbocycles. The number of rotatable bonds is 3. The second-order valence-corrected chi connectivity index (χ2v) is 8.32. The van der Waals surface area contributed by atoms with Crippen molar-refractivity contribution in [2.75, 3.05) is 19.8 Å². The summed E-state index contributed by atoms with van der Waals surface area (Å²) in [5, 5.41) is 7.81. The van der Waals surface area contributed by atoms with Crippen molar-refractivity contribution in [2.24, 2.45) is 17.8 Å². The number of hydrogen-bond donors (Lipinski definition) is 2. The fourth-order valence-electron chi connectivity index (χ4n) is 5.87. The maximum absolute atomic E-state index is 5.71. The smallest absolute Gasteiger partial charge is 0.0623 e. The molecule has 2 N–H and O–H groups in total. The van der Waals surface area contributed by atoms with Gasteiger partial charge in [-0.3, -0.25) is 0 Å². The van der Waals surface area contributed by atoms with Gasteiger partial charge in [0.25, 0.3) is 0 Å². The van der Waals surface area contributed by atoms with E-state index in [1.807, 2.05) is 0 Å². The van der Waals surface area contributed by atoms with Gasteiger partial charge in [0.2, 0.25) is 0 Å². The molecule has 1 saturated heterocycles. The highest BCUT2D eigenvalue weighted by molar-refractivity contribution is 4.95. The van der Waals surface area contributed by atoms with Crippen molar-refractivity contribution >= 4 is 0 Å². The summed E-state index contributed by atoms with van der Waals surface area (Å²) in [6.45, 7) is 2.87. The third-order valence-corrected chi connectivity index (χ3v) is 7.03.